The van der Waals surface area contributed by atoms with E-state index in [1.54, 1.807) is 4.90 Å². The number of sulfonamides is 1. The third kappa shape index (κ3) is 4.99. The number of phenols is 2. The van der Waals surface area contributed by atoms with Crippen LogP contribution in [0.3, 0.4) is 0 Å². The predicted molar refractivity (Wildman–Crippen MR) is 138 cm³/mol. The Kier molecular flexibility index (Phi) is 8.08. The smallest absolute Gasteiger partial charge is 0.339 e. The van der Waals surface area contributed by atoms with Gasteiger partial charge < -0.3 is 39.7 Å². The molecule has 5 N–H and O–H groups in total. The largest absolute Gasteiger partial charge is 0.504 e. The number of aliphatic hydroxyl groups is 3. The molecule has 5 rings (SSSR count). The molecule has 3 heterocycles. The Morgan fingerprint density at radius 2 is 1.80 bits per heavy atom. The molecule has 2 saturated heterocycles. The van der Waals surface area contributed by atoms with Crippen LogP contribution in [0.25, 0.3) is 0 Å². The highest BCUT2D eigenvalue weighted by Gasteiger charge is 2.53. The average molecular weight is 619 g/mol. The SMILES string of the molecule is COc1c(O)c(CN2CCN(S(=O)(=O)c3ccc(F)cc3Cl)CC2)c2c(c1O)C1O[C@H](CO)[C@@H](O)[C@H](O)C1OC2=O. The van der Waals surface area contributed by atoms with E-state index < -0.39 is 70.4 Å². The standard InChI is InChI=1S/C25H28ClFN2O11S/c1-38-23-18(31)12(9-28-4-6-29(7-5-28)41(36,37)15-3-2-11(27)8-13(15)26)16-17(20(23)33)22-24(40-25(16)35)21(34)19(32)14(10-30)39-22/h2-3,8,14,19,21-22,24,30-34H,4-7,9-10H2,1H3/t14-,19-,21+,22?,24?/m1/s1. The number of piperazine rings is 1. The first-order chi connectivity index (χ1) is 19.4. The van der Waals surface area contributed by atoms with Crippen LogP contribution in [0.2, 0.25) is 5.02 Å². The van der Waals surface area contributed by atoms with Gasteiger partial charge in [-0.15, -0.1) is 0 Å². The minimum Gasteiger partial charge on any atom is -0.504 e. The molecule has 2 unspecified atom stereocenters. The van der Waals surface area contributed by atoms with Crippen molar-refractivity contribution in [1.29, 1.82) is 0 Å². The Hall–Kier alpha value is -2.76. The van der Waals surface area contributed by atoms with Gasteiger partial charge in [0.05, 0.1) is 24.3 Å². The van der Waals surface area contributed by atoms with E-state index in [1.165, 1.54) is 11.4 Å². The van der Waals surface area contributed by atoms with Crippen molar-refractivity contribution in [2.75, 3.05) is 39.9 Å². The number of carbonyl (C=O) groups is 1. The molecule has 41 heavy (non-hydrogen) atoms. The van der Waals surface area contributed by atoms with Gasteiger partial charge in [0.15, 0.2) is 17.6 Å². The summed E-state index contributed by atoms with van der Waals surface area (Å²) >= 11 is 5.98. The molecule has 0 aromatic heterocycles. The van der Waals surface area contributed by atoms with Gasteiger partial charge in [-0.3, -0.25) is 4.90 Å². The lowest BCUT2D eigenvalue weighted by Gasteiger charge is -2.45. The van der Waals surface area contributed by atoms with Crippen LogP contribution in [-0.4, -0.2) is 113 Å². The Balaban J connectivity index is 1.44. The first-order valence-corrected chi connectivity index (χ1v) is 14.4. The number of fused-ring (bicyclic) bond motifs is 3. The normalized spacial score (nSPS) is 27.2. The summed E-state index contributed by atoms with van der Waals surface area (Å²) < 4.78 is 57.1. The quantitative estimate of drug-likeness (QED) is 0.275. The summed E-state index contributed by atoms with van der Waals surface area (Å²) in [4.78, 5) is 14.7. The summed E-state index contributed by atoms with van der Waals surface area (Å²) in [5.41, 5.74) is -0.385. The van der Waals surface area contributed by atoms with E-state index in [-0.39, 0.29) is 65.1 Å². The van der Waals surface area contributed by atoms with Crippen molar-refractivity contribution in [3.05, 3.63) is 45.7 Å². The number of hydrogen-bond donors (Lipinski definition) is 5. The van der Waals surface area contributed by atoms with E-state index in [0.29, 0.717) is 0 Å². The number of aliphatic hydroxyl groups excluding tert-OH is 3. The number of methoxy groups -OCH3 is 1. The zero-order valence-electron chi connectivity index (χ0n) is 21.6. The van der Waals surface area contributed by atoms with Crippen LogP contribution in [0, 0.1) is 5.82 Å². The van der Waals surface area contributed by atoms with Gasteiger partial charge in [-0.2, -0.15) is 4.31 Å². The van der Waals surface area contributed by atoms with Crippen molar-refractivity contribution in [3.63, 3.8) is 0 Å². The molecule has 0 amide bonds. The first kappa shape index (κ1) is 29.7. The Labute approximate surface area is 238 Å². The highest BCUT2D eigenvalue weighted by molar-refractivity contribution is 7.89. The number of aromatic hydroxyl groups is 2. The fraction of sp³-hybridized carbons (Fsp3) is 0.480. The molecule has 2 aromatic rings. The molecule has 3 aliphatic heterocycles. The number of halogens is 2. The molecule has 224 valence electrons. The van der Waals surface area contributed by atoms with Crippen LogP contribution in [0.15, 0.2) is 23.1 Å². The van der Waals surface area contributed by atoms with Crippen molar-refractivity contribution >= 4 is 27.6 Å². The van der Waals surface area contributed by atoms with Gasteiger partial charge in [-0.05, 0) is 18.2 Å². The molecule has 0 saturated carbocycles. The predicted octanol–water partition coefficient (Wildman–Crippen LogP) is 0.0984. The molecule has 5 atom stereocenters. The molecular formula is C25H28ClFN2O11S. The lowest BCUT2D eigenvalue weighted by atomic mass is 9.84. The van der Waals surface area contributed by atoms with E-state index in [1.807, 2.05) is 0 Å². The van der Waals surface area contributed by atoms with E-state index in [0.717, 1.165) is 18.2 Å². The zero-order chi connectivity index (χ0) is 29.8. The third-order valence-corrected chi connectivity index (χ3v) is 9.95. The molecule has 0 spiro atoms. The molecule has 3 aliphatic rings. The number of esters is 1. The summed E-state index contributed by atoms with van der Waals surface area (Å²) in [6.45, 7) is -0.445. The van der Waals surface area contributed by atoms with Gasteiger partial charge in [0.2, 0.25) is 15.8 Å². The molecule has 0 aliphatic carbocycles. The van der Waals surface area contributed by atoms with E-state index in [9.17, 15) is 43.1 Å². The lowest BCUT2D eigenvalue weighted by Crippen LogP contribution is -2.58. The number of nitrogens with zero attached hydrogens (tertiary/aromatic N) is 2. The monoisotopic (exact) mass is 618 g/mol. The van der Waals surface area contributed by atoms with Crippen LogP contribution < -0.4 is 4.74 Å². The zero-order valence-corrected chi connectivity index (χ0v) is 23.2. The van der Waals surface area contributed by atoms with Crippen molar-refractivity contribution < 1.29 is 57.3 Å². The summed E-state index contributed by atoms with van der Waals surface area (Å²) in [5.74, 6) is -3.24. The second kappa shape index (κ2) is 11.1. The maximum Gasteiger partial charge on any atom is 0.339 e. The van der Waals surface area contributed by atoms with E-state index >= 15 is 0 Å². The second-order valence-electron chi connectivity index (χ2n) is 9.88. The molecule has 16 heteroatoms. The number of carbonyl (C=O) groups excluding carboxylic acids is 1. The summed E-state index contributed by atoms with van der Waals surface area (Å²) in [6.07, 6.45) is -7.21. The molecule has 2 aromatic carbocycles. The van der Waals surface area contributed by atoms with Crippen molar-refractivity contribution in [2.24, 2.45) is 0 Å². The number of ether oxygens (including phenoxy) is 3. The van der Waals surface area contributed by atoms with Crippen molar-refractivity contribution in [3.8, 4) is 17.2 Å². The third-order valence-electron chi connectivity index (χ3n) is 7.57. The van der Waals surface area contributed by atoms with Crippen LogP contribution in [0.4, 0.5) is 4.39 Å². The van der Waals surface area contributed by atoms with Crippen molar-refractivity contribution in [1.82, 2.24) is 9.21 Å². The summed E-state index contributed by atoms with van der Waals surface area (Å²) in [7, 11) is -2.85. The van der Waals surface area contributed by atoms with E-state index in [4.69, 9.17) is 25.8 Å². The van der Waals surface area contributed by atoms with Gasteiger partial charge in [-0.25, -0.2) is 17.6 Å². The Morgan fingerprint density at radius 3 is 2.41 bits per heavy atom. The molecule has 2 fully saturated rings. The highest BCUT2D eigenvalue weighted by atomic mass is 35.5. The van der Waals surface area contributed by atoms with Gasteiger partial charge in [0, 0.05) is 43.9 Å². The first-order valence-electron chi connectivity index (χ1n) is 12.6. The van der Waals surface area contributed by atoms with Gasteiger partial charge in [0.25, 0.3) is 0 Å². The Bertz CT molecular complexity index is 1470. The minimum absolute atomic E-state index is 0.000691. The highest BCUT2D eigenvalue weighted by Crippen LogP contribution is 2.52. The van der Waals surface area contributed by atoms with Gasteiger partial charge >= 0.3 is 5.97 Å². The maximum absolute atomic E-state index is 13.4. The molecule has 0 radical (unpaired) electrons. The summed E-state index contributed by atoms with van der Waals surface area (Å²) in [5, 5.41) is 52.2. The van der Waals surface area contributed by atoms with Crippen LogP contribution in [0.1, 0.15) is 27.6 Å². The molecule has 0 bridgehead atoms. The van der Waals surface area contributed by atoms with Gasteiger partial charge in [0.1, 0.15) is 35.1 Å². The van der Waals surface area contributed by atoms with Gasteiger partial charge in [-0.1, -0.05) is 11.6 Å². The number of benzene rings is 2. The topological polar surface area (TPSA) is 187 Å². The fourth-order valence-corrected chi connectivity index (χ4v) is 7.37. The summed E-state index contributed by atoms with van der Waals surface area (Å²) in [6, 6.07) is 3.01. The second-order valence-corrected chi connectivity index (χ2v) is 12.2. The minimum atomic E-state index is -4.03. The lowest BCUT2D eigenvalue weighted by molar-refractivity contribution is -0.235. The molecule has 13 nitrogen and oxygen atoms in total. The molecular weight excluding hydrogens is 591 g/mol. The number of phenolic OH excluding ortho intramolecular Hbond substituents is 2. The fourth-order valence-electron chi connectivity index (χ4n) is 5.44. The van der Waals surface area contributed by atoms with Crippen LogP contribution in [-0.2, 0) is 26.0 Å². The van der Waals surface area contributed by atoms with Crippen LogP contribution in [0.5, 0.6) is 17.2 Å². The van der Waals surface area contributed by atoms with Crippen LogP contribution >= 0.6 is 11.6 Å². The van der Waals surface area contributed by atoms with Crippen molar-refractivity contribution in [2.45, 2.75) is 42.0 Å². The Morgan fingerprint density at radius 1 is 1.12 bits per heavy atom. The van der Waals surface area contributed by atoms with E-state index in [2.05, 4.69) is 0 Å². The maximum atomic E-state index is 13.4. The average Bonchev–Trinajstić information content (AvgIpc) is 2.93. The number of rotatable bonds is 6. The number of hydrogen-bond acceptors (Lipinski definition) is 12.